The summed E-state index contributed by atoms with van der Waals surface area (Å²) < 4.78 is 11.0. The van der Waals surface area contributed by atoms with Crippen molar-refractivity contribution in [3.63, 3.8) is 0 Å². The van der Waals surface area contributed by atoms with Crippen molar-refractivity contribution in [2.45, 2.75) is 24.4 Å². The molecule has 0 amide bonds. The number of hydrogen-bond acceptors (Lipinski definition) is 7. The Morgan fingerprint density at radius 2 is 1.67 bits per heavy atom. The third-order valence-corrected chi connectivity index (χ3v) is 5.99. The van der Waals surface area contributed by atoms with Gasteiger partial charge in [0, 0.05) is 5.56 Å². The lowest BCUT2D eigenvalue weighted by Crippen LogP contribution is -2.56. The number of aliphatic hydroxyl groups excluding tert-OH is 3. The number of fused-ring (bicyclic) bond motifs is 1. The van der Waals surface area contributed by atoms with Crippen molar-refractivity contribution in [1.82, 2.24) is 15.0 Å². The van der Waals surface area contributed by atoms with Gasteiger partial charge in [0.2, 0.25) is 0 Å². The van der Waals surface area contributed by atoms with E-state index in [0.29, 0.717) is 21.9 Å². The molecule has 4 unspecified atom stereocenters. The number of H-pyrrole nitrogens is 1. The van der Waals surface area contributed by atoms with Crippen LogP contribution in [0.1, 0.15) is 0 Å². The highest BCUT2D eigenvalue weighted by molar-refractivity contribution is 6.33. The number of halogens is 1. The molecule has 8 nitrogen and oxygen atoms in total. The zero-order valence-corrected chi connectivity index (χ0v) is 18.2. The van der Waals surface area contributed by atoms with Gasteiger partial charge in [-0.25, -0.2) is 4.98 Å². The number of aromatic amines is 1. The quantitative estimate of drug-likeness (QED) is 0.356. The second-order valence-electron chi connectivity index (χ2n) is 7.87. The van der Waals surface area contributed by atoms with E-state index >= 15 is 0 Å². The standard InChI is InChI=1S/C24H22ClN3O5/c25-16-10-17-23(28-24(26-17)33-19-12-32-18(11-29)21(30)22(19)31)27-20(16)15-8-6-14(7-9-15)13-4-2-1-3-5-13/h1-10,18-19,21-22,29-31H,11-12H2,(H,26,27,28). The molecule has 0 saturated carbocycles. The number of rotatable bonds is 5. The van der Waals surface area contributed by atoms with Gasteiger partial charge in [-0.05, 0) is 17.2 Å². The lowest BCUT2D eigenvalue weighted by Gasteiger charge is -2.36. The Balaban J connectivity index is 1.38. The van der Waals surface area contributed by atoms with Crippen LogP contribution in [0.15, 0.2) is 60.7 Å². The van der Waals surface area contributed by atoms with E-state index in [1.165, 1.54) is 0 Å². The Hall–Kier alpha value is -3.01. The van der Waals surface area contributed by atoms with E-state index in [0.717, 1.165) is 16.7 Å². The summed E-state index contributed by atoms with van der Waals surface area (Å²) in [5.74, 6) is 0. The van der Waals surface area contributed by atoms with Gasteiger partial charge in [0.1, 0.15) is 18.3 Å². The molecule has 2 aromatic heterocycles. The van der Waals surface area contributed by atoms with Crippen LogP contribution in [-0.4, -0.2) is 67.9 Å². The van der Waals surface area contributed by atoms with Crippen LogP contribution in [0.2, 0.25) is 5.02 Å². The number of aromatic nitrogens is 3. The highest BCUT2D eigenvalue weighted by Gasteiger charge is 2.39. The minimum Gasteiger partial charge on any atom is -0.456 e. The molecule has 0 bridgehead atoms. The number of benzene rings is 2. The molecule has 9 heteroatoms. The van der Waals surface area contributed by atoms with Crippen molar-refractivity contribution in [2.75, 3.05) is 13.2 Å². The van der Waals surface area contributed by atoms with E-state index < -0.39 is 31.0 Å². The first kappa shape index (κ1) is 21.8. The van der Waals surface area contributed by atoms with Gasteiger partial charge in [0.15, 0.2) is 11.8 Å². The second-order valence-corrected chi connectivity index (χ2v) is 8.27. The minimum absolute atomic E-state index is 0.00625. The molecule has 1 aliphatic heterocycles. The van der Waals surface area contributed by atoms with Gasteiger partial charge in [-0.15, -0.1) is 0 Å². The number of pyridine rings is 1. The van der Waals surface area contributed by atoms with Crippen LogP contribution in [0.3, 0.4) is 0 Å². The van der Waals surface area contributed by atoms with Crippen molar-refractivity contribution >= 4 is 22.8 Å². The van der Waals surface area contributed by atoms with E-state index in [-0.39, 0.29) is 12.6 Å². The molecule has 1 fully saturated rings. The Kier molecular flexibility index (Phi) is 6.01. The number of imidazole rings is 1. The second kappa shape index (κ2) is 9.09. The third-order valence-electron chi connectivity index (χ3n) is 5.70. The van der Waals surface area contributed by atoms with E-state index in [1.807, 2.05) is 42.5 Å². The molecule has 0 aliphatic carbocycles. The summed E-state index contributed by atoms with van der Waals surface area (Å²) in [6.07, 6.45) is -4.22. The van der Waals surface area contributed by atoms with Gasteiger partial charge in [-0.2, -0.15) is 4.98 Å². The molecule has 1 saturated heterocycles. The fourth-order valence-corrected chi connectivity index (χ4v) is 4.13. The first-order valence-corrected chi connectivity index (χ1v) is 10.9. The number of nitrogens with zero attached hydrogens (tertiary/aromatic N) is 2. The fraction of sp³-hybridized carbons (Fsp3) is 0.250. The molecule has 4 aromatic rings. The molecule has 1 aliphatic rings. The van der Waals surface area contributed by atoms with Crippen LogP contribution in [0.5, 0.6) is 6.01 Å². The molecular formula is C24H22ClN3O5. The molecule has 5 rings (SSSR count). The number of nitrogens with one attached hydrogen (secondary N) is 1. The van der Waals surface area contributed by atoms with Gasteiger partial charge in [0.05, 0.1) is 29.4 Å². The van der Waals surface area contributed by atoms with Crippen LogP contribution in [0.25, 0.3) is 33.5 Å². The molecule has 0 spiro atoms. The number of aliphatic hydroxyl groups is 3. The summed E-state index contributed by atoms with van der Waals surface area (Å²) in [4.78, 5) is 11.9. The van der Waals surface area contributed by atoms with E-state index in [9.17, 15) is 15.3 Å². The Morgan fingerprint density at radius 1 is 0.970 bits per heavy atom. The van der Waals surface area contributed by atoms with Gasteiger partial charge >= 0.3 is 0 Å². The molecule has 3 heterocycles. The SMILES string of the molecule is OCC1OCC(Oc2nc3nc(-c4ccc(-c5ccccc5)cc4)c(Cl)cc3[nH]2)C(O)C1O. The maximum atomic E-state index is 10.3. The topological polar surface area (TPSA) is 121 Å². The average molecular weight is 468 g/mol. The monoisotopic (exact) mass is 467 g/mol. The highest BCUT2D eigenvalue weighted by atomic mass is 35.5. The molecule has 170 valence electrons. The van der Waals surface area contributed by atoms with Crippen molar-refractivity contribution in [3.8, 4) is 28.4 Å². The lowest BCUT2D eigenvalue weighted by molar-refractivity contribution is -0.189. The summed E-state index contributed by atoms with van der Waals surface area (Å²) in [5.41, 5.74) is 4.62. The van der Waals surface area contributed by atoms with Crippen molar-refractivity contribution < 1.29 is 24.8 Å². The van der Waals surface area contributed by atoms with Crippen molar-refractivity contribution in [2.24, 2.45) is 0 Å². The zero-order valence-electron chi connectivity index (χ0n) is 17.4. The summed E-state index contributed by atoms with van der Waals surface area (Å²) in [5, 5.41) is 30.0. The molecule has 0 radical (unpaired) electrons. The van der Waals surface area contributed by atoms with Crippen LogP contribution >= 0.6 is 11.6 Å². The van der Waals surface area contributed by atoms with Crippen LogP contribution in [0.4, 0.5) is 0 Å². The third kappa shape index (κ3) is 4.31. The maximum absolute atomic E-state index is 10.3. The van der Waals surface area contributed by atoms with Crippen LogP contribution < -0.4 is 4.74 Å². The maximum Gasteiger partial charge on any atom is 0.296 e. The van der Waals surface area contributed by atoms with E-state index in [1.54, 1.807) is 6.07 Å². The van der Waals surface area contributed by atoms with E-state index in [4.69, 9.17) is 21.1 Å². The summed E-state index contributed by atoms with van der Waals surface area (Å²) in [7, 11) is 0. The first-order chi connectivity index (χ1) is 16.0. The Labute approximate surface area is 194 Å². The Morgan fingerprint density at radius 3 is 2.39 bits per heavy atom. The lowest BCUT2D eigenvalue weighted by atomic mass is 10.0. The predicted octanol–water partition coefficient (Wildman–Crippen LogP) is 2.81. The zero-order chi connectivity index (χ0) is 22.9. The molecule has 2 aromatic carbocycles. The number of ether oxygens (including phenoxy) is 2. The smallest absolute Gasteiger partial charge is 0.296 e. The van der Waals surface area contributed by atoms with Crippen LogP contribution in [-0.2, 0) is 4.74 Å². The summed E-state index contributed by atoms with van der Waals surface area (Å²) >= 11 is 6.50. The predicted molar refractivity (Wildman–Crippen MR) is 123 cm³/mol. The van der Waals surface area contributed by atoms with Crippen LogP contribution in [0, 0.1) is 0 Å². The molecular weight excluding hydrogens is 446 g/mol. The van der Waals surface area contributed by atoms with Gasteiger partial charge in [-0.3, -0.25) is 0 Å². The molecule has 4 atom stereocenters. The van der Waals surface area contributed by atoms with Gasteiger partial charge in [0.25, 0.3) is 6.01 Å². The summed E-state index contributed by atoms with van der Waals surface area (Å²) in [6.45, 7) is -0.402. The number of hydrogen-bond donors (Lipinski definition) is 4. The minimum atomic E-state index is -1.27. The highest BCUT2D eigenvalue weighted by Crippen LogP contribution is 2.31. The fourth-order valence-electron chi connectivity index (χ4n) is 3.87. The van der Waals surface area contributed by atoms with E-state index in [2.05, 4.69) is 27.1 Å². The van der Waals surface area contributed by atoms with Gasteiger partial charge < -0.3 is 29.8 Å². The van der Waals surface area contributed by atoms with Gasteiger partial charge in [-0.1, -0.05) is 66.2 Å². The first-order valence-electron chi connectivity index (χ1n) is 10.5. The summed E-state index contributed by atoms with van der Waals surface area (Å²) in [6, 6.07) is 19.9. The normalized spacial score (nSPS) is 23.0. The Bertz CT molecular complexity index is 1250. The van der Waals surface area contributed by atoms with Crippen molar-refractivity contribution in [3.05, 3.63) is 65.7 Å². The molecule has 33 heavy (non-hydrogen) atoms. The molecule has 4 N–H and O–H groups in total. The largest absolute Gasteiger partial charge is 0.456 e. The van der Waals surface area contributed by atoms with Crippen molar-refractivity contribution in [1.29, 1.82) is 0 Å². The average Bonchev–Trinajstić information content (AvgIpc) is 3.23.